The monoisotopic (exact) mass is 301 g/mol. The first-order valence-corrected chi connectivity index (χ1v) is 6.46. The zero-order valence-corrected chi connectivity index (χ0v) is 12.0. The Balaban J connectivity index is 3.26. The first-order chi connectivity index (χ1) is 9.75. The highest BCUT2D eigenvalue weighted by Crippen LogP contribution is 2.32. The van der Waals surface area contributed by atoms with E-state index in [0.717, 1.165) is 12.1 Å². The molecule has 1 aromatic rings. The molecule has 0 amide bonds. The van der Waals surface area contributed by atoms with E-state index in [1.807, 2.05) is 0 Å². The second-order valence-electron chi connectivity index (χ2n) is 4.59. The Morgan fingerprint density at radius 1 is 1.38 bits per heavy atom. The number of ether oxygens (including phenoxy) is 1. The standard InChI is InChI=1S/C15H18F3NO2/c1-4-9-19-14(3,13(20)21-5-2)11-7-6-8-12(10-11)15(16,17)18/h4,6-8,10,19H,1,5,9H2,2-3H3. The van der Waals surface area contributed by atoms with E-state index in [0.29, 0.717) is 0 Å². The molecule has 0 aromatic heterocycles. The van der Waals surface area contributed by atoms with E-state index >= 15 is 0 Å². The van der Waals surface area contributed by atoms with E-state index in [1.165, 1.54) is 25.1 Å². The van der Waals surface area contributed by atoms with Gasteiger partial charge in [-0.1, -0.05) is 18.2 Å². The fourth-order valence-electron chi connectivity index (χ4n) is 1.85. The number of hydrogen-bond donors (Lipinski definition) is 1. The van der Waals surface area contributed by atoms with Gasteiger partial charge >= 0.3 is 12.1 Å². The summed E-state index contributed by atoms with van der Waals surface area (Å²) in [6.07, 6.45) is -2.95. The minimum atomic E-state index is -4.47. The number of hydrogen-bond acceptors (Lipinski definition) is 3. The van der Waals surface area contributed by atoms with Gasteiger partial charge < -0.3 is 4.74 Å². The van der Waals surface area contributed by atoms with Gasteiger partial charge in [0.1, 0.15) is 5.54 Å². The number of alkyl halides is 3. The lowest BCUT2D eigenvalue weighted by atomic mass is 9.90. The van der Waals surface area contributed by atoms with Crippen molar-refractivity contribution in [2.24, 2.45) is 0 Å². The van der Waals surface area contributed by atoms with Crippen molar-refractivity contribution >= 4 is 5.97 Å². The van der Waals surface area contributed by atoms with Crippen LogP contribution in [0.3, 0.4) is 0 Å². The summed E-state index contributed by atoms with van der Waals surface area (Å²) >= 11 is 0. The highest BCUT2D eigenvalue weighted by molar-refractivity contribution is 5.82. The van der Waals surface area contributed by atoms with Crippen LogP contribution in [0.2, 0.25) is 0 Å². The number of halogens is 3. The molecule has 1 rings (SSSR count). The lowest BCUT2D eigenvalue weighted by Gasteiger charge is -2.29. The highest BCUT2D eigenvalue weighted by Gasteiger charge is 2.38. The Kier molecular flexibility index (Phi) is 5.54. The maximum Gasteiger partial charge on any atom is 0.416 e. The quantitative estimate of drug-likeness (QED) is 0.647. The zero-order chi connectivity index (χ0) is 16.1. The Bertz CT molecular complexity index is 514. The minimum absolute atomic E-state index is 0.142. The summed E-state index contributed by atoms with van der Waals surface area (Å²) in [5.41, 5.74) is -1.99. The van der Waals surface area contributed by atoms with Gasteiger partial charge in [-0.25, -0.2) is 4.79 Å². The topological polar surface area (TPSA) is 38.3 Å². The fourth-order valence-corrected chi connectivity index (χ4v) is 1.85. The van der Waals surface area contributed by atoms with Crippen LogP contribution in [-0.2, 0) is 21.2 Å². The second-order valence-corrected chi connectivity index (χ2v) is 4.59. The van der Waals surface area contributed by atoms with Crippen molar-refractivity contribution in [1.29, 1.82) is 0 Å². The van der Waals surface area contributed by atoms with E-state index in [1.54, 1.807) is 6.92 Å². The number of nitrogens with one attached hydrogen (secondary N) is 1. The molecule has 1 unspecified atom stereocenters. The Morgan fingerprint density at radius 2 is 2.00 bits per heavy atom. The zero-order valence-electron chi connectivity index (χ0n) is 12.0. The van der Waals surface area contributed by atoms with Crippen LogP contribution in [0.25, 0.3) is 0 Å². The summed E-state index contributed by atoms with van der Waals surface area (Å²) in [6.45, 7) is 7.05. The number of esters is 1. The lowest BCUT2D eigenvalue weighted by molar-refractivity contribution is -0.151. The van der Waals surface area contributed by atoms with Crippen molar-refractivity contribution in [2.75, 3.05) is 13.2 Å². The first kappa shape index (κ1) is 17.2. The molecule has 0 aliphatic rings. The second kappa shape index (κ2) is 6.76. The molecule has 0 spiro atoms. The Hall–Kier alpha value is -1.82. The molecule has 1 atom stereocenters. The van der Waals surface area contributed by atoms with Gasteiger partial charge in [-0.3, -0.25) is 5.32 Å². The third-order valence-corrected chi connectivity index (χ3v) is 3.05. The fraction of sp³-hybridized carbons (Fsp3) is 0.400. The van der Waals surface area contributed by atoms with E-state index in [-0.39, 0.29) is 18.7 Å². The summed E-state index contributed by atoms with van der Waals surface area (Å²) < 4.78 is 43.4. The summed E-state index contributed by atoms with van der Waals surface area (Å²) in [5, 5.41) is 2.87. The highest BCUT2D eigenvalue weighted by atomic mass is 19.4. The number of benzene rings is 1. The molecular weight excluding hydrogens is 283 g/mol. The third kappa shape index (κ3) is 4.07. The molecule has 1 N–H and O–H groups in total. The van der Waals surface area contributed by atoms with Crippen molar-refractivity contribution < 1.29 is 22.7 Å². The van der Waals surface area contributed by atoms with Crippen molar-refractivity contribution in [3.63, 3.8) is 0 Å². The van der Waals surface area contributed by atoms with Gasteiger partial charge in [-0.15, -0.1) is 6.58 Å². The predicted octanol–water partition coefficient (Wildman–Crippen LogP) is 3.26. The largest absolute Gasteiger partial charge is 0.464 e. The predicted molar refractivity (Wildman–Crippen MR) is 73.6 cm³/mol. The molecule has 0 fully saturated rings. The summed E-state index contributed by atoms with van der Waals surface area (Å²) in [5.74, 6) is -0.633. The molecule has 21 heavy (non-hydrogen) atoms. The smallest absolute Gasteiger partial charge is 0.416 e. The molecule has 0 aliphatic heterocycles. The van der Waals surface area contributed by atoms with Crippen LogP contribution in [-0.4, -0.2) is 19.1 Å². The van der Waals surface area contributed by atoms with E-state index < -0.39 is 23.2 Å². The van der Waals surface area contributed by atoms with Crippen molar-refractivity contribution in [1.82, 2.24) is 5.32 Å². The van der Waals surface area contributed by atoms with Crippen LogP contribution >= 0.6 is 0 Å². The van der Waals surface area contributed by atoms with Crippen LogP contribution in [0, 0.1) is 0 Å². The molecule has 0 bridgehead atoms. The molecular formula is C15H18F3NO2. The Morgan fingerprint density at radius 3 is 2.52 bits per heavy atom. The molecule has 0 radical (unpaired) electrons. The van der Waals surface area contributed by atoms with E-state index in [2.05, 4.69) is 11.9 Å². The maximum absolute atomic E-state index is 12.8. The molecule has 0 heterocycles. The van der Waals surface area contributed by atoms with Gasteiger partial charge in [0.2, 0.25) is 0 Å². The van der Waals surface area contributed by atoms with Gasteiger partial charge in [-0.2, -0.15) is 13.2 Å². The van der Waals surface area contributed by atoms with E-state index in [4.69, 9.17) is 4.74 Å². The lowest BCUT2D eigenvalue weighted by Crippen LogP contribution is -2.48. The molecule has 1 aromatic carbocycles. The van der Waals surface area contributed by atoms with Gasteiger partial charge in [0.05, 0.1) is 12.2 Å². The van der Waals surface area contributed by atoms with Crippen LogP contribution in [0.4, 0.5) is 13.2 Å². The Labute approximate surface area is 121 Å². The number of rotatable bonds is 6. The molecule has 6 heteroatoms. The van der Waals surface area contributed by atoms with Gasteiger partial charge in [-0.05, 0) is 31.5 Å². The summed E-state index contributed by atoms with van der Waals surface area (Å²) in [7, 11) is 0. The molecule has 116 valence electrons. The molecule has 3 nitrogen and oxygen atoms in total. The van der Waals surface area contributed by atoms with Crippen molar-refractivity contribution in [3.05, 3.63) is 48.0 Å². The first-order valence-electron chi connectivity index (χ1n) is 6.46. The normalized spacial score (nSPS) is 14.3. The summed E-state index contributed by atoms with van der Waals surface area (Å²) in [6, 6.07) is 4.64. The molecule has 0 aliphatic carbocycles. The SMILES string of the molecule is C=CCNC(C)(C(=O)OCC)c1cccc(C(F)(F)F)c1. The van der Waals surface area contributed by atoms with Crippen LogP contribution < -0.4 is 5.32 Å². The van der Waals surface area contributed by atoms with Crippen LogP contribution in [0.15, 0.2) is 36.9 Å². The minimum Gasteiger partial charge on any atom is -0.464 e. The van der Waals surface area contributed by atoms with Gasteiger partial charge in [0.25, 0.3) is 0 Å². The van der Waals surface area contributed by atoms with Crippen LogP contribution in [0.5, 0.6) is 0 Å². The third-order valence-electron chi connectivity index (χ3n) is 3.05. The van der Waals surface area contributed by atoms with Gasteiger partial charge in [0, 0.05) is 6.54 Å². The van der Waals surface area contributed by atoms with Gasteiger partial charge in [0.15, 0.2) is 0 Å². The summed E-state index contributed by atoms with van der Waals surface area (Å²) in [4.78, 5) is 12.1. The van der Waals surface area contributed by atoms with Crippen molar-refractivity contribution in [2.45, 2.75) is 25.6 Å². The number of carbonyl (C=O) groups is 1. The molecule has 0 saturated carbocycles. The van der Waals surface area contributed by atoms with Crippen molar-refractivity contribution in [3.8, 4) is 0 Å². The van der Waals surface area contributed by atoms with E-state index in [9.17, 15) is 18.0 Å². The molecule has 0 saturated heterocycles. The average molecular weight is 301 g/mol. The van der Waals surface area contributed by atoms with Crippen LogP contribution in [0.1, 0.15) is 25.0 Å². The maximum atomic E-state index is 12.8. The number of carbonyl (C=O) groups excluding carboxylic acids is 1. The average Bonchev–Trinajstić information content (AvgIpc) is 2.44.